The van der Waals surface area contributed by atoms with Crippen molar-refractivity contribution < 1.29 is 8.42 Å². The number of likely N-dealkylation sites (tertiary alicyclic amines) is 1. The van der Waals surface area contributed by atoms with Gasteiger partial charge in [0.25, 0.3) is 0 Å². The van der Waals surface area contributed by atoms with Crippen molar-refractivity contribution in [3.63, 3.8) is 0 Å². The Labute approximate surface area is 129 Å². The van der Waals surface area contributed by atoms with Crippen LogP contribution in [0.2, 0.25) is 0 Å². The van der Waals surface area contributed by atoms with Gasteiger partial charge in [0.15, 0.2) is 0 Å². The maximum absolute atomic E-state index is 11.4. The molecule has 114 valence electrons. The van der Waals surface area contributed by atoms with Gasteiger partial charge in [-0.3, -0.25) is 4.90 Å². The van der Waals surface area contributed by atoms with Crippen LogP contribution in [0, 0.1) is 0 Å². The molecule has 0 radical (unpaired) electrons. The highest BCUT2D eigenvalue weighted by Crippen LogP contribution is 2.35. The van der Waals surface area contributed by atoms with E-state index in [0.29, 0.717) is 6.54 Å². The first kappa shape index (κ1) is 14.9. The number of fused-ring (bicyclic) bond motifs is 1. The van der Waals surface area contributed by atoms with Crippen LogP contribution in [0.1, 0.15) is 30.3 Å². The molecule has 4 nitrogen and oxygen atoms in total. The van der Waals surface area contributed by atoms with E-state index in [9.17, 15) is 8.42 Å². The van der Waals surface area contributed by atoms with Crippen molar-refractivity contribution in [1.29, 1.82) is 0 Å². The molecule has 1 aromatic carbocycles. The monoisotopic (exact) mass is 324 g/mol. The van der Waals surface area contributed by atoms with Gasteiger partial charge in [-0.05, 0) is 31.5 Å². The van der Waals surface area contributed by atoms with E-state index >= 15 is 0 Å². The Kier molecular flexibility index (Phi) is 4.28. The van der Waals surface area contributed by atoms with Crippen molar-refractivity contribution in [2.24, 2.45) is 0 Å². The fourth-order valence-corrected chi connectivity index (χ4v) is 4.56. The van der Waals surface area contributed by atoms with Gasteiger partial charge < -0.3 is 0 Å². The number of para-hydroxylation sites is 1. The molecule has 0 N–H and O–H groups in total. The number of thiazole rings is 1. The van der Waals surface area contributed by atoms with E-state index in [1.54, 1.807) is 11.3 Å². The highest BCUT2D eigenvalue weighted by atomic mass is 32.2. The summed E-state index contributed by atoms with van der Waals surface area (Å²) in [6, 6.07) is 8.46. The molecule has 0 saturated carbocycles. The summed E-state index contributed by atoms with van der Waals surface area (Å²) in [6.07, 6.45) is 4.72. The zero-order valence-corrected chi connectivity index (χ0v) is 13.8. The number of sulfone groups is 1. The van der Waals surface area contributed by atoms with Crippen LogP contribution in [0.15, 0.2) is 24.3 Å². The zero-order valence-electron chi connectivity index (χ0n) is 12.2. The fraction of sp³-hybridized carbons (Fsp3) is 0.533. The predicted molar refractivity (Wildman–Crippen MR) is 87.5 cm³/mol. The molecule has 0 amide bonds. The molecule has 1 atom stereocenters. The van der Waals surface area contributed by atoms with E-state index < -0.39 is 9.84 Å². The lowest BCUT2D eigenvalue weighted by Crippen LogP contribution is -2.36. The molecule has 1 aliphatic heterocycles. The van der Waals surface area contributed by atoms with Crippen molar-refractivity contribution in [2.45, 2.75) is 25.3 Å². The molecule has 2 heterocycles. The molecule has 21 heavy (non-hydrogen) atoms. The molecular weight excluding hydrogens is 304 g/mol. The van der Waals surface area contributed by atoms with Gasteiger partial charge in [-0.2, -0.15) is 0 Å². The molecular formula is C15H20N2O2S2. The van der Waals surface area contributed by atoms with E-state index in [1.165, 1.54) is 17.4 Å². The van der Waals surface area contributed by atoms with Crippen molar-refractivity contribution in [3.8, 4) is 0 Å². The lowest BCUT2D eigenvalue weighted by molar-refractivity contribution is 0.158. The Morgan fingerprint density at radius 2 is 2.14 bits per heavy atom. The highest BCUT2D eigenvalue weighted by Gasteiger charge is 2.27. The SMILES string of the molecule is CS(=O)(=O)CCN1CCCCC1c1nc2ccccc2s1. The Hall–Kier alpha value is -0.980. The smallest absolute Gasteiger partial charge is 0.148 e. The van der Waals surface area contributed by atoms with E-state index in [1.807, 2.05) is 18.2 Å². The molecule has 6 heteroatoms. The molecule has 1 saturated heterocycles. The topological polar surface area (TPSA) is 50.3 Å². The van der Waals surface area contributed by atoms with Crippen LogP contribution < -0.4 is 0 Å². The van der Waals surface area contributed by atoms with E-state index in [4.69, 9.17) is 4.98 Å². The summed E-state index contributed by atoms with van der Waals surface area (Å²) in [5.41, 5.74) is 1.05. The lowest BCUT2D eigenvalue weighted by atomic mass is 10.0. The fourth-order valence-electron chi connectivity index (χ4n) is 2.85. The van der Waals surface area contributed by atoms with Gasteiger partial charge in [0.2, 0.25) is 0 Å². The Morgan fingerprint density at radius 1 is 1.33 bits per heavy atom. The maximum atomic E-state index is 11.4. The standard InChI is InChI=1S/C15H20N2O2S2/c1-21(18,19)11-10-17-9-5-4-7-13(17)15-16-12-6-2-3-8-14(12)20-15/h2-3,6,8,13H,4-5,7,9-11H2,1H3. The van der Waals surface area contributed by atoms with E-state index in [-0.39, 0.29) is 11.8 Å². The minimum atomic E-state index is -2.91. The summed E-state index contributed by atoms with van der Waals surface area (Å²) < 4.78 is 24.0. The molecule has 1 aromatic heterocycles. The first-order valence-corrected chi connectivity index (χ1v) is 10.2. The van der Waals surface area contributed by atoms with Crippen molar-refractivity contribution >= 4 is 31.4 Å². The van der Waals surface area contributed by atoms with Crippen LogP contribution in [0.25, 0.3) is 10.2 Å². The van der Waals surface area contributed by atoms with Crippen molar-refractivity contribution in [2.75, 3.05) is 25.1 Å². The number of rotatable bonds is 4. The third kappa shape index (κ3) is 3.62. The number of hydrogen-bond acceptors (Lipinski definition) is 5. The Morgan fingerprint density at radius 3 is 2.90 bits per heavy atom. The first-order chi connectivity index (χ1) is 10.0. The van der Waals surface area contributed by atoms with Gasteiger partial charge in [0.1, 0.15) is 14.8 Å². The predicted octanol–water partition coefficient (Wildman–Crippen LogP) is 2.87. The van der Waals surface area contributed by atoms with Crippen LogP contribution in [0.5, 0.6) is 0 Å². The summed E-state index contributed by atoms with van der Waals surface area (Å²) in [4.78, 5) is 7.05. The number of aromatic nitrogens is 1. The molecule has 1 aliphatic rings. The van der Waals surface area contributed by atoms with Gasteiger partial charge in [-0.15, -0.1) is 11.3 Å². The average Bonchev–Trinajstić information content (AvgIpc) is 2.88. The first-order valence-electron chi connectivity index (χ1n) is 7.30. The van der Waals surface area contributed by atoms with Gasteiger partial charge in [0.05, 0.1) is 22.0 Å². The van der Waals surface area contributed by atoms with Crippen molar-refractivity contribution in [3.05, 3.63) is 29.3 Å². The van der Waals surface area contributed by atoms with Crippen LogP contribution in [-0.4, -0.2) is 43.4 Å². The van der Waals surface area contributed by atoms with Crippen LogP contribution in [0.3, 0.4) is 0 Å². The molecule has 2 aromatic rings. The Bertz CT molecular complexity index is 691. The zero-order chi connectivity index (χ0) is 14.9. The molecule has 0 spiro atoms. The third-order valence-corrected chi connectivity index (χ3v) is 6.02. The van der Waals surface area contributed by atoms with Crippen LogP contribution in [0.4, 0.5) is 0 Å². The van der Waals surface area contributed by atoms with Crippen molar-refractivity contribution in [1.82, 2.24) is 9.88 Å². The summed E-state index contributed by atoms with van der Waals surface area (Å²) >= 11 is 1.74. The van der Waals surface area contributed by atoms with Crippen LogP contribution in [-0.2, 0) is 9.84 Å². The quantitative estimate of drug-likeness (QED) is 0.868. The second-order valence-electron chi connectivity index (χ2n) is 5.70. The molecule has 1 unspecified atom stereocenters. The molecule has 3 rings (SSSR count). The maximum Gasteiger partial charge on any atom is 0.148 e. The number of nitrogens with zero attached hydrogens (tertiary/aromatic N) is 2. The molecule has 0 bridgehead atoms. The second kappa shape index (κ2) is 6.02. The summed E-state index contributed by atoms with van der Waals surface area (Å²) in [5, 5.41) is 1.13. The number of hydrogen-bond donors (Lipinski definition) is 0. The van der Waals surface area contributed by atoms with E-state index in [0.717, 1.165) is 29.9 Å². The lowest BCUT2D eigenvalue weighted by Gasteiger charge is -2.34. The Balaban J connectivity index is 1.83. The summed E-state index contributed by atoms with van der Waals surface area (Å²) in [6.45, 7) is 1.58. The number of benzene rings is 1. The summed E-state index contributed by atoms with van der Waals surface area (Å²) in [7, 11) is -2.91. The normalized spacial score (nSPS) is 20.9. The van der Waals surface area contributed by atoms with Gasteiger partial charge in [-0.25, -0.2) is 13.4 Å². The molecule has 0 aliphatic carbocycles. The summed E-state index contributed by atoms with van der Waals surface area (Å²) in [5.74, 6) is 0.231. The molecule has 1 fully saturated rings. The third-order valence-electron chi connectivity index (χ3n) is 3.96. The van der Waals surface area contributed by atoms with Gasteiger partial charge in [-0.1, -0.05) is 18.6 Å². The van der Waals surface area contributed by atoms with E-state index in [2.05, 4.69) is 11.0 Å². The second-order valence-corrected chi connectivity index (χ2v) is 9.02. The van der Waals surface area contributed by atoms with Gasteiger partial charge >= 0.3 is 0 Å². The number of piperidine rings is 1. The minimum Gasteiger partial charge on any atom is -0.293 e. The largest absolute Gasteiger partial charge is 0.293 e. The van der Waals surface area contributed by atoms with Gasteiger partial charge in [0, 0.05) is 12.8 Å². The minimum absolute atomic E-state index is 0.231. The highest BCUT2D eigenvalue weighted by molar-refractivity contribution is 7.90. The average molecular weight is 324 g/mol. The van der Waals surface area contributed by atoms with Crippen LogP contribution >= 0.6 is 11.3 Å².